The van der Waals surface area contributed by atoms with Crippen molar-refractivity contribution in [3.05, 3.63) is 68.7 Å². The Bertz CT molecular complexity index is 655. The SMILES string of the molecule is CCNC(c1ccc(Br)cc1C)c1c(F)ccc(C)c1F. The second-order valence-electron chi connectivity index (χ2n) is 5.08. The van der Waals surface area contributed by atoms with Crippen LogP contribution in [0.15, 0.2) is 34.8 Å². The van der Waals surface area contributed by atoms with Crippen LogP contribution >= 0.6 is 15.9 Å². The van der Waals surface area contributed by atoms with Crippen molar-refractivity contribution >= 4 is 15.9 Å². The summed E-state index contributed by atoms with van der Waals surface area (Å²) in [6, 6.07) is 8.03. The molecule has 0 bridgehead atoms. The highest BCUT2D eigenvalue weighted by atomic mass is 79.9. The number of benzene rings is 2. The van der Waals surface area contributed by atoms with Crippen LogP contribution in [0.25, 0.3) is 0 Å². The Labute approximate surface area is 132 Å². The molecule has 0 heterocycles. The van der Waals surface area contributed by atoms with Crippen molar-refractivity contribution in [2.75, 3.05) is 6.54 Å². The van der Waals surface area contributed by atoms with Crippen molar-refractivity contribution in [3.8, 4) is 0 Å². The predicted octanol–water partition coefficient (Wildman–Crippen LogP) is 5.04. The predicted molar refractivity (Wildman–Crippen MR) is 85.5 cm³/mol. The third-order valence-electron chi connectivity index (χ3n) is 3.56. The molecule has 0 amide bonds. The van der Waals surface area contributed by atoms with Gasteiger partial charge in [0.2, 0.25) is 0 Å². The van der Waals surface area contributed by atoms with Gasteiger partial charge in [0.15, 0.2) is 0 Å². The summed E-state index contributed by atoms with van der Waals surface area (Å²) in [4.78, 5) is 0. The van der Waals surface area contributed by atoms with Gasteiger partial charge < -0.3 is 5.32 Å². The Morgan fingerprint density at radius 1 is 1.10 bits per heavy atom. The molecule has 21 heavy (non-hydrogen) atoms. The van der Waals surface area contributed by atoms with Crippen LogP contribution in [0.5, 0.6) is 0 Å². The molecule has 0 spiro atoms. The van der Waals surface area contributed by atoms with Gasteiger partial charge in [-0.1, -0.05) is 35.0 Å². The quantitative estimate of drug-likeness (QED) is 0.811. The summed E-state index contributed by atoms with van der Waals surface area (Å²) in [5.74, 6) is -1.00. The van der Waals surface area contributed by atoms with Gasteiger partial charge in [-0.05, 0) is 55.3 Å². The number of aryl methyl sites for hydroxylation is 2. The molecule has 1 nitrogen and oxygen atoms in total. The summed E-state index contributed by atoms with van der Waals surface area (Å²) >= 11 is 3.41. The van der Waals surface area contributed by atoms with Gasteiger partial charge in [0.1, 0.15) is 11.6 Å². The van der Waals surface area contributed by atoms with E-state index in [-0.39, 0.29) is 5.56 Å². The third-order valence-corrected chi connectivity index (χ3v) is 4.05. The highest BCUT2D eigenvalue weighted by molar-refractivity contribution is 9.10. The van der Waals surface area contributed by atoms with Gasteiger partial charge in [-0.15, -0.1) is 0 Å². The maximum Gasteiger partial charge on any atom is 0.134 e. The first kappa shape index (κ1) is 16.1. The number of rotatable bonds is 4. The van der Waals surface area contributed by atoms with Crippen molar-refractivity contribution in [3.63, 3.8) is 0 Å². The van der Waals surface area contributed by atoms with Gasteiger partial charge >= 0.3 is 0 Å². The molecule has 0 aromatic heterocycles. The molecule has 4 heteroatoms. The standard InChI is InChI=1S/C17H18BrF2N/c1-4-21-17(13-7-6-12(18)9-11(13)3)15-14(19)8-5-10(2)16(15)20/h5-9,17,21H,4H2,1-3H3. The van der Waals surface area contributed by atoms with Crippen LogP contribution < -0.4 is 5.32 Å². The van der Waals surface area contributed by atoms with Gasteiger partial charge in [0.05, 0.1) is 6.04 Å². The zero-order valence-electron chi connectivity index (χ0n) is 12.3. The Morgan fingerprint density at radius 3 is 2.43 bits per heavy atom. The molecule has 0 aliphatic heterocycles. The highest BCUT2D eigenvalue weighted by Gasteiger charge is 2.23. The van der Waals surface area contributed by atoms with Gasteiger partial charge in [0, 0.05) is 10.0 Å². The average molecular weight is 354 g/mol. The second kappa shape index (κ2) is 6.67. The van der Waals surface area contributed by atoms with Crippen molar-refractivity contribution < 1.29 is 8.78 Å². The van der Waals surface area contributed by atoms with Crippen molar-refractivity contribution in [2.45, 2.75) is 26.8 Å². The molecule has 2 rings (SSSR count). The molecule has 0 radical (unpaired) electrons. The molecule has 0 saturated heterocycles. The van der Waals surface area contributed by atoms with Crippen molar-refractivity contribution in [1.29, 1.82) is 0 Å². The topological polar surface area (TPSA) is 12.0 Å². The van der Waals surface area contributed by atoms with Crippen LogP contribution in [-0.2, 0) is 0 Å². The van der Waals surface area contributed by atoms with Gasteiger partial charge in [-0.2, -0.15) is 0 Å². The van der Waals surface area contributed by atoms with Crippen molar-refractivity contribution in [1.82, 2.24) is 5.32 Å². The minimum Gasteiger partial charge on any atom is -0.306 e. The summed E-state index contributed by atoms with van der Waals surface area (Å²) in [7, 11) is 0. The van der Waals surface area contributed by atoms with Crippen LogP contribution in [0.2, 0.25) is 0 Å². The molecule has 0 saturated carbocycles. The fourth-order valence-electron chi connectivity index (χ4n) is 2.48. The van der Waals surface area contributed by atoms with Gasteiger partial charge in [-0.25, -0.2) is 8.78 Å². The lowest BCUT2D eigenvalue weighted by Gasteiger charge is -2.23. The molecule has 0 fully saturated rings. The lowest BCUT2D eigenvalue weighted by Crippen LogP contribution is -2.25. The van der Waals surface area contributed by atoms with E-state index in [1.54, 1.807) is 6.92 Å². The van der Waals surface area contributed by atoms with Crippen LogP contribution in [0.3, 0.4) is 0 Å². The fourth-order valence-corrected chi connectivity index (χ4v) is 2.95. The van der Waals surface area contributed by atoms with E-state index in [9.17, 15) is 8.78 Å². The Morgan fingerprint density at radius 2 is 1.81 bits per heavy atom. The van der Waals surface area contributed by atoms with E-state index < -0.39 is 17.7 Å². The van der Waals surface area contributed by atoms with E-state index in [0.29, 0.717) is 12.1 Å². The van der Waals surface area contributed by atoms with Crippen LogP contribution in [0.1, 0.15) is 35.2 Å². The van der Waals surface area contributed by atoms with E-state index in [1.165, 1.54) is 12.1 Å². The summed E-state index contributed by atoms with van der Waals surface area (Å²) in [6.07, 6.45) is 0. The normalized spacial score (nSPS) is 12.5. The first-order valence-corrected chi connectivity index (χ1v) is 7.69. The summed E-state index contributed by atoms with van der Waals surface area (Å²) in [5.41, 5.74) is 2.39. The number of nitrogens with one attached hydrogen (secondary N) is 1. The molecule has 2 aromatic carbocycles. The van der Waals surface area contributed by atoms with E-state index in [4.69, 9.17) is 0 Å². The minimum atomic E-state index is -0.522. The van der Waals surface area contributed by atoms with Crippen molar-refractivity contribution in [2.24, 2.45) is 0 Å². The van der Waals surface area contributed by atoms with E-state index >= 15 is 0 Å². The average Bonchev–Trinajstić information content (AvgIpc) is 2.43. The van der Waals surface area contributed by atoms with E-state index in [0.717, 1.165) is 15.6 Å². The molecule has 2 aromatic rings. The molecular formula is C17H18BrF2N. The van der Waals surface area contributed by atoms with E-state index in [1.807, 2.05) is 32.0 Å². The lowest BCUT2D eigenvalue weighted by atomic mass is 9.93. The zero-order valence-corrected chi connectivity index (χ0v) is 13.9. The molecule has 1 N–H and O–H groups in total. The molecule has 1 atom stereocenters. The lowest BCUT2D eigenvalue weighted by molar-refractivity contribution is 0.505. The van der Waals surface area contributed by atoms with Gasteiger partial charge in [-0.3, -0.25) is 0 Å². The smallest absolute Gasteiger partial charge is 0.134 e. The monoisotopic (exact) mass is 353 g/mol. The maximum atomic E-state index is 14.4. The number of hydrogen-bond acceptors (Lipinski definition) is 1. The van der Waals surface area contributed by atoms with E-state index in [2.05, 4.69) is 21.2 Å². The Hall–Kier alpha value is -1.26. The zero-order chi connectivity index (χ0) is 15.6. The summed E-state index contributed by atoms with van der Waals surface area (Å²) in [5, 5.41) is 3.19. The van der Waals surface area contributed by atoms with Gasteiger partial charge in [0.25, 0.3) is 0 Å². The maximum absolute atomic E-state index is 14.4. The summed E-state index contributed by atoms with van der Waals surface area (Å²) < 4.78 is 29.6. The largest absolute Gasteiger partial charge is 0.306 e. The number of hydrogen-bond donors (Lipinski definition) is 1. The molecule has 112 valence electrons. The Kier molecular flexibility index (Phi) is 5.12. The summed E-state index contributed by atoms with van der Waals surface area (Å²) in [6.45, 7) is 6.13. The van der Waals surface area contributed by atoms with Crippen LogP contribution in [-0.4, -0.2) is 6.54 Å². The highest BCUT2D eigenvalue weighted by Crippen LogP contribution is 2.31. The first-order valence-electron chi connectivity index (χ1n) is 6.89. The Balaban J connectivity index is 2.61. The first-order chi connectivity index (χ1) is 9.95. The molecule has 0 aliphatic rings. The molecule has 1 unspecified atom stereocenters. The molecule has 0 aliphatic carbocycles. The van der Waals surface area contributed by atoms with Crippen LogP contribution in [0.4, 0.5) is 8.78 Å². The van der Waals surface area contributed by atoms with Crippen LogP contribution in [0, 0.1) is 25.5 Å². The molecular weight excluding hydrogens is 336 g/mol. The third kappa shape index (κ3) is 3.33. The fraction of sp³-hybridized carbons (Fsp3) is 0.294. The minimum absolute atomic E-state index is 0.0854. The number of halogens is 3. The second-order valence-corrected chi connectivity index (χ2v) is 6.00.